The molecule has 3 nitrogen and oxygen atoms in total. The fourth-order valence-corrected chi connectivity index (χ4v) is 3.95. The summed E-state index contributed by atoms with van der Waals surface area (Å²) in [7, 11) is 0. The minimum Gasteiger partial charge on any atom is -0.491 e. The van der Waals surface area contributed by atoms with Gasteiger partial charge in [0.25, 0.3) is 0 Å². The van der Waals surface area contributed by atoms with E-state index in [2.05, 4.69) is 29.2 Å². The average molecular weight is 394 g/mol. The number of ether oxygens (including phenoxy) is 1. The molecule has 1 aliphatic rings. The van der Waals surface area contributed by atoms with Crippen LogP contribution in [-0.4, -0.2) is 35.8 Å². The van der Waals surface area contributed by atoms with Crippen molar-refractivity contribution in [1.29, 1.82) is 0 Å². The Bertz CT molecular complexity index is 943. The second kappa shape index (κ2) is 8.78. The number of hydrogen-bond acceptors (Lipinski definition) is 3. The van der Waals surface area contributed by atoms with Gasteiger partial charge < -0.3 is 9.84 Å². The maximum Gasteiger partial charge on any atom is 0.120 e. The number of β-amino-alcohol motifs (C(OH)–C–C–N with tert-alkyl or cyclic N) is 1. The molecular weight excluding hydrogens is 370 g/mol. The van der Waals surface area contributed by atoms with E-state index in [0.717, 1.165) is 36.4 Å². The molecule has 28 heavy (non-hydrogen) atoms. The van der Waals surface area contributed by atoms with Gasteiger partial charge in [-0.25, -0.2) is 0 Å². The van der Waals surface area contributed by atoms with Crippen LogP contribution in [-0.2, 0) is 13.0 Å². The van der Waals surface area contributed by atoms with Crippen LogP contribution in [0.1, 0.15) is 11.1 Å². The van der Waals surface area contributed by atoms with E-state index in [-0.39, 0.29) is 6.61 Å². The first-order valence-corrected chi connectivity index (χ1v) is 10.0. The lowest BCUT2D eigenvalue weighted by Gasteiger charge is -2.30. The molecule has 0 amide bonds. The van der Waals surface area contributed by atoms with Crippen LogP contribution in [0.2, 0.25) is 5.02 Å². The van der Waals surface area contributed by atoms with E-state index in [1.165, 1.54) is 11.1 Å². The summed E-state index contributed by atoms with van der Waals surface area (Å²) in [4.78, 5) is 2.29. The molecule has 0 spiro atoms. The lowest BCUT2D eigenvalue weighted by molar-refractivity contribution is 0.0638. The zero-order valence-corrected chi connectivity index (χ0v) is 16.5. The van der Waals surface area contributed by atoms with E-state index in [4.69, 9.17) is 16.3 Å². The zero-order chi connectivity index (χ0) is 19.3. The van der Waals surface area contributed by atoms with Gasteiger partial charge in [-0.3, -0.25) is 4.90 Å². The third-order valence-corrected chi connectivity index (χ3v) is 5.47. The van der Waals surface area contributed by atoms with E-state index in [1.54, 1.807) is 0 Å². The first-order valence-electron chi connectivity index (χ1n) is 9.64. The fourth-order valence-electron chi connectivity index (χ4n) is 3.70. The highest BCUT2D eigenvalue weighted by molar-refractivity contribution is 6.33. The highest BCUT2D eigenvalue weighted by Crippen LogP contribution is 2.30. The summed E-state index contributed by atoms with van der Waals surface area (Å²) >= 11 is 6.30. The predicted molar refractivity (Wildman–Crippen MR) is 114 cm³/mol. The molecule has 1 atom stereocenters. The van der Waals surface area contributed by atoms with Crippen LogP contribution in [0.3, 0.4) is 0 Å². The van der Waals surface area contributed by atoms with Gasteiger partial charge in [-0.05, 0) is 41.3 Å². The van der Waals surface area contributed by atoms with E-state index in [1.807, 2.05) is 48.5 Å². The summed E-state index contributed by atoms with van der Waals surface area (Å²) in [5.74, 6) is 0.737. The van der Waals surface area contributed by atoms with Gasteiger partial charge in [0.1, 0.15) is 18.5 Å². The maximum absolute atomic E-state index is 10.5. The molecule has 3 aromatic rings. The molecule has 0 bridgehead atoms. The van der Waals surface area contributed by atoms with Crippen molar-refractivity contribution in [2.75, 3.05) is 19.7 Å². The van der Waals surface area contributed by atoms with Gasteiger partial charge in [0.15, 0.2) is 0 Å². The topological polar surface area (TPSA) is 32.7 Å². The van der Waals surface area contributed by atoms with Crippen molar-refractivity contribution in [3.05, 3.63) is 88.9 Å². The monoisotopic (exact) mass is 393 g/mol. The Hall–Kier alpha value is -2.33. The second-order valence-electron chi connectivity index (χ2n) is 7.23. The fraction of sp³-hybridized carbons (Fsp3) is 0.250. The first-order chi connectivity index (χ1) is 13.7. The van der Waals surface area contributed by atoms with Crippen molar-refractivity contribution >= 4 is 11.6 Å². The third kappa shape index (κ3) is 4.56. The Balaban J connectivity index is 1.34. The number of fused-ring (bicyclic) bond motifs is 1. The van der Waals surface area contributed by atoms with Crippen LogP contribution in [0.5, 0.6) is 5.75 Å². The Labute approximate surface area is 171 Å². The highest BCUT2D eigenvalue weighted by atomic mass is 35.5. The second-order valence-corrected chi connectivity index (χ2v) is 7.63. The van der Waals surface area contributed by atoms with Crippen LogP contribution < -0.4 is 4.74 Å². The average Bonchev–Trinajstić information content (AvgIpc) is 2.73. The van der Waals surface area contributed by atoms with Crippen molar-refractivity contribution in [3.63, 3.8) is 0 Å². The SMILES string of the molecule is OC(COc1cccc(-c2ccccc2Cl)c1)CN1CCc2ccccc2C1. The Morgan fingerprint density at radius 1 is 0.964 bits per heavy atom. The van der Waals surface area contributed by atoms with Crippen molar-refractivity contribution in [2.45, 2.75) is 19.1 Å². The number of nitrogens with zero attached hydrogens (tertiary/aromatic N) is 1. The molecule has 1 heterocycles. The number of benzene rings is 3. The third-order valence-electron chi connectivity index (χ3n) is 5.14. The van der Waals surface area contributed by atoms with Crippen LogP contribution in [0.4, 0.5) is 0 Å². The molecule has 0 saturated heterocycles. The Kier molecular flexibility index (Phi) is 5.96. The number of aliphatic hydroxyl groups is 1. The summed E-state index contributed by atoms with van der Waals surface area (Å²) in [6.45, 7) is 2.73. The van der Waals surface area contributed by atoms with Crippen molar-refractivity contribution in [1.82, 2.24) is 4.90 Å². The van der Waals surface area contributed by atoms with E-state index < -0.39 is 6.10 Å². The van der Waals surface area contributed by atoms with Crippen LogP contribution in [0.25, 0.3) is 11.1 Å². The summed E-state index contributed by atoms with van der Waals surface area (Å²) < 4.78 is 5.86. The lowest BCUT2D eigenvalue weighted by atomic mass is 10.00. The predicted octanol–water partition coefficient (Wildman–Crippen LogP) is 4.81. The van der Waals surface area contributed by atoms with E-state index in [0.29, 0.717) is 11.6 Å². The summed E-state index contributed by atoms with van der Waals surface area (Å²) in [6, 6.07) is 24.1. The van der Waals surface area contributed by atoms with E-state index in [9.17, 15) is 5.11 Å². The molecule has 0 aliphatic carbocycles. The lowest BCUT2D eigenvalue weighted by Crippen LogP contribution is -2.38. The van der Waals surface area contributed by atoms with Crippen molar-refractivity contribution < 1.29 is 9.84 Å². The van der Waals surface area contributed by atoms with Crippen LogP contribution >= 0.6 is 11.6 Å². The van der Waals surface area contributed by atoms with Crippen molar-refractivity contribution in [3.8, 4) is 16.9 Å². The number of rotatable bonds is 6. The number of hydrogen-bond donors (Lipinski definition) is 1. The molecule has 0 fully saturated rings. The summed E-state index contributed by atoms with van der Waals surface area (Å²) in [6.07, 6.45) is 0.498. The molecule has 144 valence electrons. The van der Waals surface area contributed by atoms with Crippen LogP contribution in [0.15, 0.2) is 72.8 Å². The quantitative estimate of drug-likeness (QED) is 0.652. The van der Waals surface area contributed by atoms with E-state index >= 15 is 0 Å². The normalized spacial score (nSPS) is 15.1. The van der Waals surface area contributed by atoms with Crippen molar-refractivity contribution in [2.24, 2.45) is 0 Å². The Morgan fingerprint density at radius 2 is 1.75 bits per heavy atom. The van der Waals surface area contributed by atoms with Gasteiger partial charge >= 0.3 is 0 Å². The maximum atomic E-state index is 10.5. The molecule has 1 aliphatic heterocycles. The van der Waals surface area contributed by atoms with Gasteiger partial charge in [-0.1, -0.05) is 66.2 Å². The number of aliphatic hydroxyl groups excluding tert-OH is 1. The molecule has 1 N–H and O–H groups in total. The zero-order valence-electron chi connectivity index (χ0n) is 15.7. The largest absolute Gasteiger partial charge is 0.491 e. The van der Waals surface area contributed by atoms with Gasteiger partial charge in [-0.15, -0.1) is 0 Å². The van der Waals surface area contributed by atoms with Gasteiger partial charge in [0.05, 0.1) is 0 Å². The molecular formula is C24H24ClNO2. The smallest absolute Gasteiger partial charge is 0.120 e. The molecule has 0 saturated carbocycles. The molecule has 0 aromatic heterocycles. The standard InChI is InChI=1S/C24H24ClNO2/c25-24-11-4-3-10-23(24)19-8-5-9-22(14-19)28-17-21(27)16-26-13-12-18-6-1-2-7-20(18)15-26/h1-11,14,21,27H,12-13,15-17H2. The van der Waals surface area contributed by atoms with Gasteiger partial charge in [-0.2, -0.15) is 0 Å². The molecule has 4 rings (SSSR count). The minimum atomic E-state index is -0.533. The summed E-state index contributed by atoms with van der Waals surface area (Å²) in [5, 5.41) is 11.2. The Morgan fingerprint density at radius 3 is 2.61 bits per heavy atom. The molecule has 1 unspecified atom stereocenters. The number of halogens is 1. The molecule has 4 heteroatoms. The molecule has 3 aromatic carbocycles. The summed E-state index contributed by atoms with van der Waals surface area (Å²) in [5.41, 5.74) is 4.75. The van der Waals surface area contributed by atoms with Crippen LogP contribution in [0, 0.1) is 0 Å². The van der Waals surface area contributed by atoms with Gasteiger partial charge in [0.2, 0.25) is 0 Å². The van der Waals surface area contributed by atoms with Gasteiger partial charge in [0, 0.05) is 30.2 Å². The molecule has 0 radical (unpaired) electrons. The minimum absolute atomic E-state index is 0.268. The highest BCUT2D eigenvalue weighted by Gasteiger charge is 2.18. The first kappa shape index (κ1) is 19.0.